The van der Waals surface area contributed by atoms with Crippen molar-refractivity contribution in [3.05, 3.63) is 83.9 Å². The summed E-state index contributed by atoms with van der Waals surface area (Å²) >= 11 is 5.69. The Morgan fingerprint density at radius 3 is 1.54 bits per heavy atom. The molecule has 1 aliphatic heterocycles. The summed E-state index contributed by atoms with van der Waals surface area (Å²) in [5.41, 5.74) is 2.89. The lowest BCUT2D eigenvalue weighted by Gasteiger charge is -2.36. The fourth-order valence-corrected chi connectivity index (χ4v) is 4.56. The number of rotatable bonds is 8. The molecule has 37 heavy (non-hydrogen) atoms. The molecule has 2 amide bonds. The maximum atomic E-state index is 13.7. The molecular weight excluding hydrogens is 486 g/mol. The van der Waals surface area contributed by atoms with Crippen LogP contribution >= 0.6 is 12.2 Å². The second-order valence-electron chi connectivity index (χ2n) is 8.28. The van der Waals surface area contributed by atoms with Crippen molar-refractivity contribution in [1.82, 2.24) is 0 Å². The summed E-state index contributed by atoms with van der Waals surface area (Å²) in [7, 11) is 3.14. The molecule has 1 fully saturated rings. The third kappa shape index (κ3) is 5.20. The molecule has 0 aromatic heterocycles. The Hall–Kier alpha value is -4.17. The van der Waals surface area contributed by atoms with Gasteiger partial charge in [0.1, 0.15) is 17.1 Å². The Labute approximate surface area is 222 Å². The van der Waals surface area contributed by atoms with Crippen LogP contribution in [0.25, 0.3) is 6.08 Å². The van der Waals surface area contributed by atoms with E-state index in [4.69, 9.17) is 21.7 Å². The van der Waals surface area contributed by atoms with Crippen molar-refractivity contribution in [2.24, 2.45) is 0 Å². The highest BCUT2D eigenvalue weighted by Gasteiger charge is 2.41. The van der Waals surface area contributed by atoms with Crippen LogP contribution in [0.5, 0.6) is 11.5 Å². The van der Waals surface area contributed by atoms with E-state index in [0.717, 1.165) is 24.3 Å². The lowest BCUT2D eigenvalue weighted by molar-refractivity contribution is -0.120. The van der Waals surface area contributed by atoms with Crippen molar-refractivity contribution >= 4 is 52.3 Å². The van der Waals surface area contributed by atoms with Crippen LogP contribution in [0.15, 0.2) is 78.4 Å². The highest BCUT2D eigenvalue weighted by Crippen LogP contribution is 2.32. The monoisotopic (exact) mass is 515 g/mol. The van der Waals surface area contributed by atoms with Crippen LogP contribution in [0.3, 0.4) is 0 Å². The smallest absolute Gasteiger partial charge is 0.270 e. The molecule has 0 aliphatic carbocycles. The van der Waals surface area contributed by atoms with E-state index in [-0.39, 0.29) is 10.7 Å². The molecule has 0 atom stereocenters. The number of hydrogen-bond donors (Lipinski definition) is 0. The summed E-state index contributed by atoms with van der Waals surface area (Å²) in [6.45, 7) is 5.98. The zero-order valence-electron chi connectivity index (χ0n) is 21.3. The van der Waals surface area contributed by atoms with Crippen LogP contribution in [0.2, 0.25) is 0 Å². The summed E-state index contributed by atoms with van der Waals surface area (Å²) in [6, 6.07) is 21.7. The zero-order chi connectivity index (χ0) is 26.5. The lowest BCUT2D eigenvalue weighted by atomic mass is 10.0. The summed E-state index contributed by atoms with van der Waals surface area (Å²) in [6.07, 6.45) is 1.62. The highest BCUT2D eigenvalue weighted by molar-refractivity contribution is 7.81. The van der Waals surface area contributed by atoms with Gasteiger partial charge in [-0.2, -0.15) is 0 Å². The van der Waals surface area contributed by atoms with Gasteiger partial charge in [0.15, 0.2) is 5.11 Å². The van der Waals surface area contributed by atoms with Crippen LogP contribution in [0, 0.1) is 0 Å². The normalized spacial score (nSPS) is 13.6. The molecule has 1 aliphatic rings. The Kier molecular flexibility index (Phi) is 7.89. The summed E-state index contributed by atoms with van der Waals surface area (Å²) in [4.78, 5) is 32.4. The maximum Gasteiger partial charge on any atom is 0.270 e. The zero-order valence-corrected chi connectivity index (χ0v) is 22.1. The number of hydrogen-bond acceptors (Lipinski definition) is 6. The van der Waals surface area contributed by atoms with E-state index < -0.39 is 11.8 Å². The van der Waals surface area contributed by atoms with E-state index in [1.807, 2.05) is 24.3 Å². The third-order valence-corrected chi connectivity index (χ3v) is 6.61. The van der Waals surface area contributed by atoms with E-state index >= 15 is 0 Å². The minimum Gasteiger partial charge on any atom is -0.497 e. The first-order valence-corrected chi connectivity index (χ1v) is 12.4. The van der Waals surface area contributed by atoms with Crippen molar-refractivity contribution < 1.29 is 19.1 Å². The number of benzene rings is 3. The van der Waals surface area contributed by atoms with Gasteiger partial charge in [-0.05, 0) is 98.4 Å². The Balaban J connectivity index is 1.79. The van der Waals surface area contributed by atoms with Crippen LogP contribution < -0.4 is 24.2 Å². The standard InChI is InChI=1S/C29H29N3O4S/c1-5-30(6-2)21-9-7-20(8-10-21)19-26-27(33)31(22-11-15-24(35-3)16-12-22)29(37)32(28(26)34)23-13-17-25(36-4)18-14-23/h7-19H,5-6H2,1-4H3. The van der Waals surface area contributed by atoms with Crippen molar-refractivity contribution in [3.8, 4) is 11.5 Å². The van der Waals surface area contributed by atoms with E-state index in [0.29, 0.717) is 22.9 Å². The van der Waals surface area contributed by atoms with Gasteiger partial charge in [-0.25, -0.2) is 0 Å². The number of carbonyl (C=O) groups is 2. The minimum absolute atomic E-state index is 0.0100. The van der Waals surface area contributed by atoms with Gasteiger partial charge in [-0.1, -0.05) is 12.1 Å². The second-order valence-corrected chi connectivity index (χ2v) is 8.65. The molecule has 3 aromatic rings. The molecule has 0 saturated carbocycles. The fraction of sp³-hybridized carbons (Fsp3) is 0.207. The molecule has 0 unspecified atom stereocenters. The molecule has 0 bridgehead atoms. The first-order chi connectivity index (χ1) is 17.9. The van der Waals surface area contributed by atoms with Crippen LogP contribution in [0.1, 0.15) is 19.4 Å². The molecule has 1 heterocycles. The number of methoxy groups -OCH3 is 2. The predicted molar refractivity (Wildman–Crippen MR) is 152 cm³/mol. The van der Waals surface area contributed by atoms with Gasteiger partial charge in [0.2, 0.25) is 0 Å². The molecule has 4 rings (SSSR count). The van der Waals surface area contributed by atoms with Gasteiger partial charge in [0.05, 0.1) is 25.6 Å². The molecule has 3 aromatic carbocycles. The van der Waals surface area contributed by atoms with Crippen LogP contribution in [-0.2, 0) is 9.59 Å². The molecule has 190 valence electrons. The Morgan fingerprint density at radius 1 is 0.730 bits per heavy atom. The van der Waals surface area contributed by atoms with Gasteiger partial charge >= 0.3 is 0 Å². The summed E-state index contributed by atoms with van der Waals surface area (Å²) in [5, 5.41) is 0.0689. The number of anilines is 3. The average Bonchev–Trinajstić information content (AvgIpc) is 2.93. The number of thiocarbonyl (C=S) groups is 1. The quantitative estimate of drug-likeness (QED) is 0.231. The highest BCUT2D eigenvalue weighted by atomic mass is 32.1. The number of nitrogens with zero attached hydrogens (tertiary/aromatic N) is 3. The largest absolute Gasteiger partial charge is 0.497 e. The van der Waals surface area contributed by atoms with Gasteiger partial charge in [0, 0.05) is 18.8 Å². The fourth-order valence-electron chi connectivity index (χ4n) is 4.18. The molecule has 8 heteroatoms. The topological polar surface area (TPSA) is 62.3 Å². The lowest BCUT2D eigenvalue weighted by Crippen LogP contribution is -2.56. The first-order valence-electron chi connectivity index (χ1n) is 12.0. The van der Waals surface area contributed by atoms with Gasteiger partial charge < -0.3 is 14.4 Å². The molecule has 7 nitrogen and oxygen atoms in total. The van der Waals surface area contributed by atoms with Crippen LogP contribution in [0.4, 0.5) is 17.1 Å². The Morgan fingerprint density at radius 2 is 1.16 bits per heavy atom. The molecule has 0 radical (unpaired) electrons. The van der Waals surface area contributed by atoms with Crippen molar-refractivity contribution in [1.29, 1.82) is 0 Å². The minimum atomic E-state index is -0.488. The number of amides is 2. The maximum absolute atomic E-state index is 13.7. The van der Waals surface area contributed by atoms with Crippen molar-refractivity contribution in [2.75, 3.05) is 42.0 Å². The van der Waals surface area contributed by atoms with Gasteiger partial charge in [0.25, 0.3) is 11.8 Å². The van der Waals surface area contributed by atoms with Crippen LogP contribution in [-0.4, -0.2) is 44.2 Å². The summed E-state index contributed by atoms with van der Waals surface area (Å²) < 4.78 is 10.5. The molecular formula is C29H29N3O4S. The predicted octanol–water partition coefficient (Wildman–Crippen LogP) is 5.30. The SMILES string of the molecule is CCN(CC)c1ccc(C=C2C(=O)N(c3ccc(OC)cc3)C(=S)N(c3ccc(OC)cc3)C2=O)cc1. The number of ether oxygens (including phenoxy) is 2. The second kappa shape index (κ2) is 11.3. The molecule has 1 saturated heterocycles. The average molecular weight is 516 g/mol. The van der Waals surface area contributed by atoms with Crippen molar-refractivity contribution in [3.63, 3.8) is 0 Å². The summed E-state index contributed by atoms with van der Waals surface area (Å²) in [5.74, 6) is 0.313. The van der Waals surface area contributed by atoms with E-state index in [9.17, 15) is 9.59 Å². The van der Waals surface area contributed by atoms with E-state index in [1.165, 1.54) is 9.80 Å². The van der Waals surface area contributed by atoms with E-state index in [2.05, 4.69) is 18.7 Å². The third-order valence-electron chi connectivity index (χ3n) is 6.24. The van der Waals surface area contributed by atoms with Crippen molar-refractivity contribution in [2.45, 2.75) is 13.8 Å². The van der Waals surface area contributed by atoms with Gasteiger partial charge in [-0.15, -0.1) is 0 Å². The number of carbonyl (C=O) groups excluding carboxylic acids is 2. The Bertz CT molecular complexity index is 1240. The van der Waals surface area contributed by atoms with E-state index in [1.54, 1.807) is 68.8 Å². The molecule has 0 spiro atoms. The molecule has 0 N–H and O–H groups in total. The van der Waals surface area contributed by atoms with Gasteiger partial charge in [-0.3, -0.25) is 19.4 Å². The first kappa shape index (κ1) is 25.9.